The molecule has 0 aromatic heterocycles. The molecule has 0 atom stereocenters. The standard InChI is InChI=1S/C13H11BrO/c1-10-4-2-6-12(8-10)15-13-7-3-5-11(14)9-13/h2-9H,1H3. The molecule has 0 N–H and O–H groups in total. The maximum atomic E-state index is 5.71. The van der Waals surface area contributed by atoms with Gasteiger partial charge < -0.3 is 4.74 Å². The van der Waals surface area contributed by atoms with Gasteiger partial charge in [-0.25, -0.2) is 0 Å². The molecule has 0 saturated carbocycles. The smallest absolute Gasteiger partial charge is 0.128 e. The Morgan fingerprint density at radius 3 is 2.27 bits per heavy atom. The molecular formula is C13H11BrO. The van der Waals surface area contributed by atoms with Crippen molar-refractivity contribution in [1.82, 2.24) is 0 Å². The van der Waals surface area contributed by atoms with E-state index in [1.807, 2.05) is 55.5 Å². The summed E-state index contributed by atoms with van der Waals surface area (Å²) in [6, 6.07) is 15.8. The largest absolute Gasteiger partial charge is 0.457 e. The highest BCUT2D eigenvalue weighted by Gasteiger charge is 1.97. The third kappa shape index (κ3) is 2.83. The number of benzene rings is 2. The summed E-state index contributed by atoms with van der Waals surface area (Å²) in [5, 5.41) is 0. The second-order valence-corrected chi connectivity index (χ2v) is 4.29. The molecule has 76 valence electrons. The van der Waals surface area contributed by atoms with Crippen LogP contribution in [0.15, 0.2) is 53.0 Å². The fourth-order valence-corrected chi connectivity index (χ4v) is 1.72. The predicted molar refractivity (Wildman–Crippen MR) is 65.4 cm³/mol. The molecule has 2 heteroatoms. The lowest BCUT2D eigenvalue weighted by Crippen LogP contribution is -1.84. The van der Waals surface area contributed by atoms with Crippen LogP contribution >= 0.6 is 15.9 Å². The van der Waals surface area contributed by atoms with Crippen molar-refractivity contribution in [1.29, 1.82) is 0 Å². The van der Waals surface area contributed by atoms with Crippen LogP contribution < -0.4 is 4.74 Å². The summed E-state index contributed by atoms with van der Waals surface area (Å²) in [5.74, 6) is 1.71. The summed E-state index contributed by atoms with van der Waals surface area (Å²) < 4.78 is 6.73. The van der Waals surface area contributed by atoms with Gasteiger partial charge >= 0.3 is 0 Å². The van der Waals surface area contributed by atoms with Crippen LogP contribution in [0.3, 0.4) is 0 Å². The number of ether oxygens (including phenoxy) is 1. The third-order valence-corrected chi connectivity index (χ3v) is 2.51. The molecule has 2 rings (SSSR count). The molecule has 0 unspecified atom stereocenters. The average Bonchev–Trinajstić information content (AvgIpc) is 2.17. The molecule has 0 aliphatic heterocycles. The van der Waals surface area contributed by atoms with Gasteiger partial charge in [0.1, 0.15) is 11.5 Å². The van der Waals surface area contributed by atoms with Crippen LogP contribution in [-0.4, -0.2) is 0 Å². The summed E-state index contributed by atoms with van der Waals surface area (Å²) in [6.07, 6.45) is 0. The van der Waals surface area contributed by atoms with Crippen molar-refractivity contribution in [3.63, 3.8) is 0 Å². The topological polar surface area (TPSA) is 9.23 Å². The van der Waals surface area contributed by atoms with Crippen molar-refractivity contribution >= 4 is 15.9 Å². The van der Waals surface area contributed by atoms with Gasteiger partial charge in [0.2, 0.25) is 0 Å². The van der Waals surface area contributed by atoms with Crippen molar-refractivity contribution in [3.05, 3.63) is 58.6 Å². The van der Waals surface area contributed by atoms with Crippen LogP contribution in [0.5, 0.6) is 11.5 Å². The van der Waals surface area contributed by atoms with Crippen LogP contribution in [0.1, 0.15) is 5.56 Å². The van der Waals surface area contributed by atoms with Crippen molar-refractivity contribution < 1.29 is 4.74 Å². The Hall–Kier alpha value is -1.28. The molecule has 2 aromatic carbocycles. The zero-order valence-corrected chi connectivity index (χ0v) is 9.99. The first-order valence-corrected chi connectivity index (χ1v) is 5.53. The van der Waals surface area contributed by atoms with E-state index in [2.05, 4.69) is 15.9 Å². The fraction of sp³-hybridized carbons (Fsp3) is 0.0769. The minimum atomic E-state index is 0.843. The Morgan fingerprint density at radius 1 is 0.933 bits per heavy atom. The molecular weight excluding hydrogens is 252 g/mol. The molecule has 0 fully saturated rings. The molecule has 2 aromatic rings. The Balaban J connectivity index is 2.22. The van der Waals surface area contributed by atoms with E-state index in [1.165, 1.54) is 5.56 Å². The molecule has 0 aliphatic rings. The SMILES string of the molecule is Cc1cccc(Oc2cccc(Br)c2)c1. The van der Waals surface area contributed by atoms with Gasteiger partial charge in [-0.15, -0.1) is 0 Å². The van der Waals surface area contributed by atoms with Gasteiger partial charge in [0.05, 0.1) is 0 Å². The van der Waals surface area contributed by atoms with Gasteiger partial charge in [-0.3, -0.25) is 0 Å². The van der Waals surface area contributed by atoms with E-state index in [1.54, 1.807) is 0 Å². The number of hydrogen-bond donors (Lipinski definition) is 0. The monoisotopic (exact) mass is 262 g/mol. The van der Waals surface area contributed by atoms with E-state index in [4.69, 9.17) is 4.74 Å². The van der Waals surface area contributed by atoms with E-state index in [0.29, 0.717) is 0 Å². The average molecular weight is 263 g/mol. The first-order chi connectivity index (χ1) is 7.24. The molecule has 0 heterocycles. The Kier molecular flexibility index (Phi) is 3.07. The summed E-state index contributed by atoms with van der Waals surface area (Å²) in [4.78, 5) is 0. The normalized spacial score (nSPS) is 10.0. The van der Waals surface area contributed by atoms with Crippen molar-refractivity contribution in [2.75, 3.05) is 0 Å². The molecule has 0 radical (unpaired) electrons. The number of hydrogen-bond acceptors (Lipinski definition) is 1. The summed E-state index contributed by atoms with van der Waals surface area (Å²) in [7, 11) is 0. The second-order valence-electron chi connectivity index (χ2n) is 3.38. The summed E-state index contributed by atoms with van der Waals surface area (Å²) in [6.45, 7) is 2.05. The zero-order valence-electron chi connectivity index (χ0n) is 8.41. The zero-order chi connectivity index (χ0) is 10.7. The number of aryl methyl sites for hydroxylation is 1. The van der Waals surface area contributed by atoms with Gasteiger partial charge in [0.15, 0.2) is 0 Å². The van der Waals surface area contributed by atoms with Gasteiger partial charge in [-0.2, -0.15) is 0 Å². The van der Waals surface area contributed by atoms with Crippen LogP contribution in [0.25, 0.3) is 0 Å². The third-order valence-electron chi connectivity index (χ3n) is 2.02. The predicted octanol–water partition coefficient (Wildman–Crippen LogP) is 4.55. The first-order valence-electron chi connectivity index (χ1n) is 4.74. The molecule has 0 amide bonds. The van der Waals surface area contributed by atoms with E-state index < -0.39 is 0 Å². The van der Waals surface area contributed by atoms with Gasteiger partial charge in [0.25, 0.3) is 0 Å². The Labute approximate surface area is 97.8 Å². The maximum absolute atomic E-state index is 5.71. The second kappa shape index (κ2) is 4.49. The van der Waals surface area contributed by atoms with Crippen molar-refractivity contribution in [3.8, 4) is 11.5 Å². The van der Waals surface area contributed by atoms with Crippen LogP contribution in [0, 0.1) is 6.92 Å². The minimum Gasteiger partial charge on any atom is -0.457 e. The maximum Gasteiger partial charge on any atom is 0.128 e. The lowest BCUT2D eigenvalue weighted by molar-refractivity contribution is 0.482. The van der Waals surface area contributed by atoms with Crippen LogP contribution in [0.4, 0.5) is 0 Å². The Morgan fingerprint density at radius 2 is 1.60 bits per heavy atom. The highest BCUT2D eigenvalue weighted by molar-refractivity contribution is 9.10. The fourth-order valence-electron chi connectivity index (χ4n) is 1.35. The first kappa shape index (κ1) is 10.2. The summed E-state index contributed by atoms with van der Waals surface area (Å²) >= 11 is 3.41. The van der Waals surface area contributed by atoms with Gasteiger partial charge in [-0.05, 0) is 42.8 Å². The lowest BCUT2D eigenvalue weighted by atomic mass is 10.2. The van der Waals surface area contributed by atoms with Gasteiger partial charge in [-0.1, -0.05) is 34.1 Å². The van der Waals surface area contributed by atoms with Crippen molar-refractivity contribution in [2.24, 2.45) is 0 Å². The molecule has 15 heavy (non-hydrogen) atoms. The van der Waals surface area contributed by atoms with Crippen LogP contribution in [0.2, 0.25) is 0 Å². The minimum absolute atomic E-state index is 0.843. The highest BCUT2D eigenvalue weighted by atomic mass is 79.9. The Bertz CT molecular complexity index is 422. The van der Waals surface area contributed by atoms with E-state index in [9.17, 15) is 0 Å². The van der Waals surface area contributed by atoms with E-state index in [-0.39, 0.29) is 0 Å². The summed E-state index contributed by atoms with van der Waals surface area (Å²) in [5.41, 5.74) is 1.20. The lowest BCUT2D eigenvalue weighted by Gasteiger charge is -2.06. The highest BCUT2D eigenvalue weighted by Crippen LogP contribution is 2.24. The van der Waals surface area contributed by atoms with E-state index in [0.717, 1.165) is 16.0 Å². The molecule has 0 spiro atoms. The molecule has 0 aliphatic carbocycles. The number of halogens is 1. The quantitative estimate of drug-likeness (QED) is 0.772. The van der Waals surface area contributed by atoms with E-state index >= 15 is 0 Å². The van der Waals surface area contributed by atoms with Crippen LogP contribution in [-0.2, 0) is 0 Å². The molecule has 0 saturated heterocycles. The number of rotatable bonds is 2. The molecule has 1 nitrogen and oxygen atoms in total. The molecule has 0 bridgehead atoms. The van der Waals surface area contributed by atoms with Crippen molar-refractivity contribution in [2.45, 2.75) is 6.92 Å². The van der Waals surface area contributed by atoms with Gasteiger partial charge in [0, 0.05) is 4.47 Å².